The Bertz CT molecular complexity index is 270. The van der Waals surface area contributed by atoms with Gasteiger partial charge in [-0.05, 0) is 13.0 Å². The molecular weight excluding hydrogens is 176 g/mol. The van der Waals surface area contributed by atoms with Gasteiger partial charge in [-0.2, -0.15) is 5.10 Å². The summed E-state index contributed by atoms with van der Waals surface area (Å²) in [5.74, 6) is -2.84. The van der Waals surface area contributed by atoms with E-state index in [1.807, 2.05) is 6.92 Å². The molecule has 0 unspecified atom stereocenters. The molecule has 0 aliphatic rings. The van der Waals surface area contributed by atoms with Crippen LogP contribution in [0.3, 0.4) is 0 Å². The van der Waals surface area contributed by atoms with Crippen molar-refractivity contribution >= 4 is 0 Å². The number of alkyl halides is 2. The Labute approximate surface area is 75.5 Å². The molecule has 2 N–H and O–H groups in total. The Kier molecular flexibility index (Phi) is 2.98. The third-order valence-corrected chi connectivity index (χ3v) is 1.76. The first-order valence-corrected chi connectivity index (χ1v) is 4.17. The van der Waals surface area contributed by atoms with Crippen LogP contribution in [0.15, 0.2) is 12.3 Å². The summed E-state index contributed by atoms with van der Waals surface area (Å²) in [6.45, 7) is 1.96. The molecule has 1 aromatic rings. The Morgan fingerprint density at radius 2 is 2.31 bits per heavy atom. The van der Waals surface area contributed by atoms with Gasteiger partial charge in [0.15, 0.2) is 0 Å². The van der Waals surface area contributed by atoms with E-state index in [4.69, 9.17) is 5.73 Å². The first kappa shape index (κ1) is 10.1. The third-order valence-electron chi connectivity index (χ3n) is 1.76. The molecule has 74 valence electrons. The normalized spacial score (nSPS) is 12.0. The van der Waals surface area contributed by atoms with Gasteiger partial charge in [-0.15, -0.1) is 0 Å². The van der Waals surface area contributed by atoms with Crippen LogP contribution in [-0.4, -0.2) is 22.2 Å². The predicted molar refractivity (Wildman–Crippen MR) is 45.6 cm³/mol. The van der Waals surface area contributed by atoms with Gasteiger partial charge in [-0.25, -0.2) is 8.78 Å². The Balaban J connectivity index is 2.63. The van der Waals surface area contributed by atoms with E-state index in [-0.39, 0.29) is 6.42 Å². The molecule has 0 atom stereocenters. The fourth-order valence-electron chi connectivity index (χ4n) is 1.01. The van der Waals surface area contributed by atoms with Gasteiger partial charge in [-0.1, -0.05) is 0 Å². The minimum atomic E-state index is -2.84. The molecule has 0 aliphatic heterocycles. The molecule has 0 saturated carbocycles. The molecule has 13 heavy (non-hydrogen) atoms. The molecule has 0 saturated heterocycles. The zero-order valence-corrected chi connectivity index (χ0v) is 7.50. The fraction of sp³-hybridized carbons (Fsp3) is 0.625. The molecule has 1 rings (SSSR count). The molecule has 0 spiro atoms. The van der Waals surface area contributed by atoms with E-state index in [9.17, 15) is 8.78 Å². The van der Waals surface area contributed by atoms with E-state index in [2.05, 4.69) is 5.10 Å². The van der Waals surface area contributed by atoms with Gasteiger partial charge in [0.2, 0.25) is 0 Å². The lowest BCUT2D eigenvalue weighted by molar-refractivity contribution is 0.0104. The fourth-order valence-corrected chi connectivity index (χ4v) is 1.01. The lowest BCUT2D eigenvalue weighted by Crippen LogP contribution is -2.30. The van der Waals surface area contributed by atoms with Gasteiger partial charge in [-0.3, -0.25) is 4.68 Å². The van der Waals surface area contributed by atoms with Crippen LogP contribution in [0.5, 0.6) is 0 Å². The minimum Gasteiger partial charge on any atom is -0.325 e. The second-order valence-corrected chi connectivity index (χ2v) is 2.90. The average molecular weight is 189 g/mol. The highest BCUT2D eigenvalue weighted by molar-refractivity contribution is 5.02. The smallest absolute Gasteiger partial charge is 0.265 e. The molecule has 0 aromatic carbocycles. The predicted octanol–water partition coefficient (Wildman–Crippen LogP) is 1.04. The molecule has 0 radical (unpaired) electrons. The number of aromatic nitrogens is 2. The van der Waals surface area contributed by atoms with E-state index in [0.29, 0.717) is 12.2 Å². The largest absolute Gasteiger partial charge is 0.325 e. The Hall–Kier alpha value is -0.970. The van der Waals surface area contributed by atoms with Gasteiger partial charge in [0.1, 0.15) is 0 Å². The van der Waals surface area contributed by atoms with Crippen molar-refractivity contribution in [2.24, 2.45) is 5.73 Å². The molecule has 0 aliphatic carbocycles. The van der Waals surface area contributed by atoms with E-state index in [1.165, 1.54) is 0 Å². The second-order valence-electron chi connectivity index (χ2n) is 2.90. The van der Waals surface area contributed by atoms with Crippen LogP contribution in [-0.2, 0) is 13.0 Å². The number of nitrogens with two attached hydrogens (primary N) is 1. The van der Waals surface area contributed by atoms with Crippen LogP contribution in [0.2, 0.25) is 0 Å². The SMILES string of the molecule is CCn1ccc(CC(F)(F)CN)n1. The number of halogens is 2. The van der Waals surface area contributed by atoms with Crippen LogP contribution in [0, 0.1) is 0 Å². The average Bonchev–Trinajstić information content (AvgIpc) is 2.52. The Morgan fingerprint density at radius 3 is 2.77 bits per heavy atom. The van der Waals surface area contributed by atoms with Crippen molar-refractivity contribution in [3.05, 3.63) is 18.0 Å². The Morgan fingerprint density at radius 1 is 1.62 bits per heavy atom. The highest BCUT2D eigenvalue weighted by Gasteiger charge is 2.28. The lowest BCUT2D eigenvalue weighted by Gasteiger charge is -2.11. The number of hydrogen-bond donors (Lipinski definition) is 1. The molecule has 0 fully saturated rings. The standard InChI is InChI=1S/C8H13F2N3/c1-2-13-4-3-7(12-13)5-8(9,10)6-11/h3-4H,2,5-6,11H2,1H3. The number of nitrogens with zero attached hydrogens (tertiary/aromatic N) is 2. The first-order chi connectivity index (χ1) is 6.07. The van der Waals surface area contributed by atoms with E-state index in [1.54, 1.807) is 16.9 Å². The van der Waals surface area contributed by atoms with Crippen molar-refractivity contribution in [2.75, 3.05) is 6.54 Å². The topological polar surface area (TPSA) is 43.8 Å². The van der Waals surface area contributed by atoms with Crippen LogP contribution in [0.25, 0.3) is 0 Å². The summed E-state index contributed by atoms with van der Waals surface area (Å²) in [6, 6.07) is 1.59. The summed E-state index contributed by atoms with van der Waals surface area (Å²) < 4.78 is 27.2. The monoisotopic (exact) mass is 189 g/mol. The zero-order chi connectivity index (χ0) is 9.90. The van der Waals surface area contributed by atoms with E-state index >= 15 is 0 Å². The molecule has 1 aromatic heterocycles. The van der Waals surface area contributed by atoms with Gasteiger partial charge in [0.05, 0.1) is 18.7 Å². The highest BCUT2D eigenvalue weighted by Crippen LogP contribution is 2.16. The quantitative estimate of drug-likeness (QED) is 0.769. The van der Waals surface area contributed by atoms with Crippen LogP contribution >= 0.6 is 0 Å². The molecule has 5 heteroatoms. The molecular formula is C8H13F2N3. The van der Waals surface area contributed by atoms with Crippen molar-refractivity contribution in [1.29, 1.82) is 0 Å². The summed E-state index contributed by atoms with van der Waals surface area (Å²) in [5.41, 5.74) is 5.30. The van der Waals surface area contributed by atoms with Gasteiger partial charge in [0.25, 0.3) is 5.92 Å². The number of aryl methyl sites for hydroxylation is 1. The maximum Gasteiger partial charge on any atom is 0.265 e. The molecule has 0 amide bonds. The summed E-state index contributed by atoms with van der Waals surface area (Å²) >= 11 is 0. The highest BCUT2D eigenvalue weighted by atomic mass is 19.3. The van der Waals surface area contributed by atoms with Crippen LogP contribution in [0.4, 0.5) is 8.78 Å². The van der Waals surface area contributed by atoms with Gasteiger partial charge >= 0.3 is 0 Å². The molecule has 3 nitrogen and oxygen atoms in total. The van der Waals surface area contributed by atoms with Crippen molar-refractivity contribution in [1.82, 2.24) is 9.78 Å². The van der Waals surface area contributed by atoms with Crippen molar-refractivity contribution in [3.8, 4) is 0 Å². The summed E-state index contributed by atoms with van der Waals surface area (Å²) in [7, 11) is 0. The number of rotatable bonds is 4. The van der Waals surface area contributed by atoms with Crippen LogP contribution in [0.1, 0.15) is 12.6 Å². The third kappa shape index (κ3) is 2.77. The zero-order valence-electron chi connectivity index (χ0n) is 7.50. The molecule has 0 bridgehead atoms. The summed E-state index contributed by atoms with van der Waals surface area (Å²) in [6.07, 6.45) is 1.30. The second kappa shape index (κ2) is 3.83. The maximum absolute atomic E-state index is 12.8. The van der Waals surface area contributed by atoms with Crippen molar-refractivity contribution in [2.45, 2.75) is 25.8 Å². The summed E-state index contributed by atoms with van der Waals surface area (Å²) in [5, 5.41) is 3.94. The first-order valence-electron chi connectivity index (χ1n) is 4.17. The lowest BCUT2D eigenvalue weighted by atomic mass is 10.2. The maximum atomic E-state index is 12.8. The molecule has 1 heterocycles. The minimum absolute atomic E-state index is 0.378. The van der Waals surface area contributed by atoms with Gasteiger partial charge in [0, 0.05) is 12.7 Å². The van der Waals surface area contributed by atoms with E-state index < -0.39 is 12.5 Å². The van der Waals surface area contributed by atoms with Gasteiger partial charge < -0.3 is 5.73 Å². The van der Waals surface area contributed by atoms with Crippen molar-refractivity contribution in [3.63, 3.8) is 0 Å². The summed E-state index contributed by atoms with van der Waals surface area (Å²) in [4.78, 5) is 0. The van der Waals surface area contributed by atoms with Crippen LogP contribution < -0.4 is 5.73 Å². The van der Waals surface area contributed by atoms with Crippen molar-refractivity contribution < 1.29 is 8.78 Å². The number of hydrogen-bond acceptors (Lipinski definition) is 2. The van der Waals surface area contributed by atoms with E-state index in [0.717, 1.165) is 0 Å².